The van der Waals surface area contributed by atoms with Gasteiger partial charge in [0.25, 0.3) is 0 Å². The Labute approximate surface area is 98.9 Å². The molecule has 1 fully saturated rings. The van der Waals surface area contributed by atoms with E-state index < -0.39 is 23.8 Å². The second kappa shape index (κ2) is 4.74. The first kappa shape index (κ1) is 14.1. The molecular weight excluding hydrogens is 235 g/mol. The zero-order chi connectivity index (χ0) is 13.3. The van der Waals surface area contributed by atoms with E-state index in [9.17, 15) is 18.0 Å². The van der Waals surface area contributed by atoms with Crippen LogP contribution in [0.15, 0.2) is 0 Å². The van der Waals surface area contributed by atoms with Crippen molar-refractivity contribution in [3.05, 3.63) is 0 Å². The number of piperidine rings is 1. The topological polar surface area (TPSA) is 29.5 Å². The van der Waals surface area contributed by atoms with Crippen molar-refractivity contribution in [2.45, 2.75) is 45.4 Å². The van der Waals surface area contributed by atoms with Gasteiger partial charge < -0.3 is 9.64 Å². The largest absolute Gasteiger partial charge is 0.444 e. The van der Waals surface area contributed by atoms with E-state index in [1.165, 1.54) is 4.90 Å². The summed E-state index contributed by atoms with van der Waals surface area (Å²) in [7, 11) is 0. The molecule has 1 amide bonds. The van der Waals surface area contributed by atoms with Gasteiger partial charge in [-0.25, -0.2) is 4.79 Å². The molecule has 0 spiro atoms. The number of rotatable bonds is 0. The molecule has 0 aromatic heterocycles. The molecule has 0 radical (unpaired) electrons. The minimum atomic E-state index is -4.15. The van der Waals surface area contributed by atoms with E-state index in [1.54, 1.807) is 20.8 Å². The minimum absolute atomic E-state index is 0.0389. The molecule has 1 heterocycles. The molecule has 0 aliphatic carbocycles. The molecule has 0 unspecified atom stereocenters. The lowest BCUT2D eigenvalue weighted by molar-refractivity contribution is -0.184. The molecule has 3 nitrogen and oxygen atoms in total. The average Bonchev–Trinajstić information content (AvgIpc) is 2.14. The molecule has 0 aromatic carbocycles. The summed E-state index contributed by atoms with van der Waals surface area (Å²) in [6.45, 7) is 5.41. The monoisotopic (exact) mass is 253 g/mol. The number of amides is 1. The third kappa shape index (κ3) is 4.44. The number of hydrogen-bond donors (Lipinski definition) is 0. The van der Waals surface area contributed by atoms with E-state index in [1.807, 2.05) is 0 Å². The molecule has 1 aliphatic heterocycles. The Bertz CT molecular complexity index is 275. The first-order chi connectivity index (χ1) is 7.59. The van der Waals surface area contributed by atoms with Crippen molar-refractivity contribution in [2.75, 3.05) is 13.1 Å². The smallest absolute Gasteiger partial charge is 0.410 e. The Balaban J connectivity index is 2.45. The van der Waals surface area contributed by atoms with Gasteiger partial charge in [0.15, 0.2) is 0 Å². The molecular formula is C11H18F3NO2. The number of nitrogens with zero attached hydrogens (tertiary/aromatic N) is 1. The predicted molar refractivity (Wildman–Crippen MR) is 56.6 cm³/mol. The van der Waals surface area contributed by atoms with Crippen LogP contribution in [0.4, 0.5) is 18.0 Å². The highest BCUT2D eigenvalue weighted by Crippen LogP contribution is 2.34. The fourth-order valence-corrected chi connectivity index (χ4v) is 1.72. The van der Waals surface area contributed by atoms with Crippen LogP contribution in [0.5, 0.6) is 0 Å². The summed E-state index contributed by atoms with van der Waals surface area (Å²) >= 11 is 0. The summed E-state index contributed by atoms with van der Waals surface area (Å²) in [6, 6.07) is 0. The highest BCUT2D eigenvalue weighted by atomic mass is 19.4. The first-order valence-electron chi connectivity index (χ1n) is 5.64. The third-order valence-electron chi connectivity index (χ3n) is 2.61. The summed E-state index contributed by atoms with van der Waals surface area (Å²) in [6.07, 6.45) is -4.76. The van der Waals surface area contributed by atoms with Crippen LogP contribution in [0.25, 0.3) is 0 Å². The van der Waals surface area contributed by atoms with Crippen molar-refractivity contribution < 1.29 is 22.7 Å². The Morgan fingerprint density at radius 1 is 1.18 bits per heavy atom. The van der Waals surface area contributed by atoms with Gasteiger partial charge in [0, 0.05) is 13.1 Å². The third-order valence-corrected chi connectivity index (χ3v) is 2.61. The van der Waals surface area contributed by atoms with Crippen molar-refractivity contribution in [3.8, 4) is 0 Å². The van der Waals surface area contributed by atoms with Gasteiger partial charge in [0.05, 0.1) is 5.92 Å². The lowest BCUT2D eigenvalue weighted by Crippen LogP contribution is -2.44. The van der Waals surface area contributed by atoms with E-state index in [4.69, 9.17) is 4.74 Å². The predicted octanol–water partition coefficient (Wildman–Crippen LogP) is 3.20. The van der Waals surface area contributed by atoms with Crippen molar-refractivity contribution in [2.24, 2.45) is 5.92 Å². The van der Waals surface area contributed by atoms with Gasteiger partial charge in [0.1, 0.15) is 5.60 Å². The SMILES string of the molecule is CC(C)(C)OC(=O)N1CCC(C(F)(F)F)CC1. The quantitative estimate of drug-likeness (QED) is 0.663. The lowest BCUT2D eigenvalue weighted by atomic mass is 9.97. The molecule has 0 bridgehead atoms. The summed E-state index contributed by atoms with van der Waals surface area (Å²) in [5.41, 5.74) is -0.613. The Morgan fingerprint density at radius 3 is 2.00 bits per heavy atom. The Morgan fingerprint density at radius 2 is 1.65 bits per heavy atom. The maximum atomic E-state index is 12.4. The Kier molecular flexibility index (Phi) is 3.94. The zero-order valence-corrected chi connectivity index (χ0v) is 10.3. The van der Waals surface area contributed by atoms with Crippen LogP contribution >= 0.6 is 0 Å². The Hall–Kier alpha value is -0.940. The van der Waals surface area contributed by atoms with Crippen molar-refractivity contribution in [1.82, 2.24) is 4.90 Å². The van der Waals surface area contributed by atoms with Gasteiger partial charge >= 0.3 is 12.3 Å². The highest BCUT2D eigenvalue weighted by Gasteiger charge is 2.42. The van der Waals surface area contributed by atoms with E-state index >= 15 is 0 Å². The average molecular weight is 253 g/mol. The van der Waals surface area contributed by atoms with Gasteiger partial charge in [-0.15, -0.1) is 0 Å². The van der Waals surface area contributed by atoms with E-state index in [0.717, 1.165) is 0 Å². The molecule has 100 valence electrons. The van der Waals surface area contributed by atoms with Gasteiger partial charge in [-0.3, -0.25) is 0 Å². The molecule has 1 rings (SSSR count). The number of alkyl halides is 3. The first-order valence-corrected chi connectivity index (χ1v) is 5.64. The maximum absolute atomic E-state index is 12.4. The van der Waals surface area contributed by atoms with E-state index in [0.29, 0.717) is 0 Å². The molecule has 1 saturated heterocycles. The standard InChI is InChI=1S/C11H18F3NO2/c1-10(2,3)17-9(16)15-6-4-8(5-7-15)11(12,13)14/h8H,4-7H2,1-3H3. The second-order valence-corrected chi connectivity index (χ2v) is 5.28. The number of halogens is 3. The molecule has 17 heavy (non-hydrogen) atoms. The number of hydrogen-bond acceptors (Lipinski definition) is 2. The van der Waals surface area contributed by atoms with Crippen LogP contribution < -0.4 is 0 Å². The fraction of sp³-hybridized carbons (Fsp3) is 0.909. The van der Waals surface area contributed by atoms with E-state index in [2.05, 4.69) is 0 Å². The number of carbonyl (C=O) groups is 1. The van der Waals surface area contributed by atoms with Crippen molar-refractivity contribution in [3.63, 3.8) is 0 Å². The van der Waals surface area contributed by atoms with Crippen LogP contribution in [0.3, 0.4) is 0 Å². The summed E-state index contributed by atoms with van der Waals surface area (Å²) in [5, 5.41) is 0. The number of likely N-dealkylation sites (tertiary alicyclic amines) is 1. The molecule has 6 heteroatoms. The van der Waals surface area contributed by atoms with Crippen LogP contribution in [0.2, 0.25) is 0 Å². The van der Waals surface area contributed by atoms with Crippen molar-refractivity contribution >= 4 is 6.09 Å². The molecule has 0 aromatic rings. The van der Waals surface area contributed by atoms with Crippen LogP contribution in [-0.4, -0.2) is 35.9 Å². The summed E-state index contributed by atoms with van der Waals surface area (Å²) < 4.78 is 42.3. The van der Waals surface area contributed by atoms with E-state index in [-0.39, 0.29) is 25.9 Å². The van der Waals surface area contributed by atoms with Crippen molar-refractivity contribution in [1.29, 1.82) is 0 Å². The second-order valence-electron chi connectivity index (χ2n) is 5.28. The highest BCUT2D eigenvalue weighted by molar-refractivity contribution is 5.68. The summed E-state index contributed by atoms with van der Waals surface area (Å²) in [4.78, 5) is 12.9. The van der Waals surface area contributed by atoms with Gasteiger partial charge in [-0.2, -0.15) is 13.2 Å². The lowest BCUT2D eigenvalue weighted by Gasteiger charge is -2.34. The molecule has 0 N–H and O–H groups in total. The number of ether oxygens (including phenoxy) is 1. The van der Waals surface area contributed by atoms with Gasteiger partial charge in [-0.1, -0.05) is 0 Å². The minimum Gasteiger partial charge on any atom is -0.444 e. The zero-order valence-electron chi connectivity index (χ0n) is 10.3. The van der Waals surface area contributed by atoms with Gasteiger partial charge in [-0.05, 0) is 33.6 Å². The van der Waals surface area contributed by atoms with Crippen LogP contribution in [-0.2, 0) is 4.74 Å². The number of carbonyl (C=O) groups excluding carboxylic acids is 1. The van der Waals surface area contributed by atoms with Crippen LogP contribution in [0.1, 0.15) is 33.6 Å². The van der Waals surface area contributed by atoms with Crippen LogP contribution in [0, 0.1) is 5.92 Å². The normalized spacial score (nSPS) is 19.3. The maximum Gasteiger partial charge on any atom is 0.410 e. The molecule has 0 atom stereocenters. The fourth-order valence-electron chi connectivity index (χ4n) is 1.72. The summed E-state index contributed by atoms with van der Waals surface area (Å²) in [5.74, 6) is -1.29. The molecule has 0 saturated carbocycles. The van der Waals surface area contributed by atoms with Gasteiger partial charge in [0.2, 0.25) is 0 Å². The molecule has 1 aliphatic rings.